The van der Waals surface area contributed by atoms with Crippen molar-refractivity contribution in [3.05, 3.63) is 11.4 Å². The van der Waals surface area contributed by atoms with E-state index in [1.165, 1.54) is 71.1 Å². The van der Waals surface area contributed by atoms with Gasteiger partial charge in [0.2, 0.25) is 0 Å². The first kappa shape index (κ1) is 28.3. The van der Waals surface area contributed by atoms with E-state index in [9.17, 15) is 22.8 Å². The summed E-state index contributed by atoms with van der Waals surface area (Å²) in [5.41, 5.74) is -2.04. The number of amides is 1. The molecule has 194 valence electrons. The van der Waals surface area contributed by atoms with Gasteiger partial charge in [0, 0.05) is 6.54 Å². The Bertz CT molecular complexity index is 731. The van der Waals surface area contributed by atoms with Crippen LogP contribution in [0.3, 0.4) is 0 Å². The molecule has 1 aromatic heterocycles. The van der Waals surface area contributed by atoms with Crippen LogP contribution in [0.5, 0.6) is 0 Å². The minimum atomic E-state index is -4.83. The van der Waals surface area contributed by atoms with Gasteiger partial charge in [-0.15, -0.1) is 5.10 Å². The Hall–Kier alpha value is -1.93. The standard InChI is InChI=1S/C25H41F3N4O2/c1-20(33)19-32-23(25(26,27)28)22(30-31-32)24(34)29-18-21-16-14-12-10-8-6-4-2-3-5-7-9-11-13-15-17-21/h21H,2-19H2,1H3,(H,29,34). The molecule has 34 heavy (non-hydrogen) atoms. The number of alkyl halides is 3. The highest BCUT2D eigenvalue weighted by molar-refractivity contribution is 5.93. The normalized spacial score (nSPS) is 18.8. The number of hydrogen-bond acceptors (Lipinski definition) is 4. The molecule has 1 heterocycles. The molecule has 1 amide bonds. The first-order chi connectivity index (χ1) is 16.3. The second-order valence-corrected chi connectivity index (χ2v) is 9.75. The summed E-state index contributed by atoms with van der Waals surface area (Å²) in [6, 6.07) is 0. The summed E-state index contributed by atoms with van der Waals surface area (Å²) in [7, 11) is 0. The number of nitrogens with zero attached hydrogens (tertiary/aromatic N) is 3. The largest absolute Gasteiger partial charge is 0.435 e. The highest BCUT2D eigenvalue weighted by Gasteiger charge is 2.41. The first-order valence-corrected chi connectivity index (χ1v) is 13.1. The Morgan fingerprint density at radius 2 is 1.29 bits per heavy atom. The van der Waals surface area contributed by atoms with Gasteiger partial charge in [0.25, 0.3) is 5.91 Å². The summed E-state index contributed by atoms with van der Waals surface area (Å²) < 4.78 is 41.1. The number of carbonyl (C=O) groups excluding carboxylic acids is 2. The van der Waals surface area contributed by atoms with E-state index < -0.39 is 35.8 Å². The molecule has 0 radical (unpaired) electrons. The van der Waals surface area contributed by atoms with Crippen LogP contribution in [0.15, 0.2) is 0 Å². The van der Waals surface area contributed by atoms with Crippen LogP contribution in [0.2, 0.25) is 0 Å². The van der Waals surface area contributed by atoms with Crippen LogP contribution < -0.4 is 5.32 Å². The molecule has 1 aliphatic rings. The maximum atomic E-state index is 13.6. The first-order valence-electron chi connectivity index (χ1n) is 13.1. The van der Waals surface area contributed by atoms with Crippen molar-refractivity contribution >= 4 is 11.7 Å². The lowest BCUT2D eigenvalue weighted by atomic mass is 9.94. The van der Waals surface area contributed by atoms with Gasteiger partial charge in [-0.1, -0.05) is 95.1 Å². The summed E-state index contributed by atoms with van der Waals surface area (Å²) in [5.74, 6) is -1.14. The zero-order valence-corrected chi connectivity index (χ0v) is 20.6. The van der Waals surface area contributed by atoms with Crippen LogP contribution in [0.25, 0.3) is 0 Å². The maximum Gasteiger partial charge on any atom is 0.435 e. The average molecular weight is 487 g/mol. The smallest absolute Gasteiger partial charge is 0.350 e. The minimum absolute atomic E-state index is 0.237. The Kier molecular flexibility index (Phi) is 12.6. The monoisotopic (exact) mass is 486 g/mol. The van der Waals surface area contributed by atoms with E-state index >= 15 is 0 Å². The number of nitrogens with one attached hydrogen (secondary N) is 1. The van der Waals surface area contributed by atoms with Gasteiger partial charge >= 0.3 is 6.18 Å². The second-order valence-electron chi connectivity index (χ2n) is 9.75. The zero-order chi connectivity index (χ0) is 24.8. The maximum absolute atomic E-state index is 13.6. The Balaban J connectivity index is 1.95. The second kappa shape index (κ2) is 15.1. The summed E-state index contributed by atoms with van der Waals surface area (Å²) in [5, 5.41) is 9.54. The van der Waals surface area contributed by atoms with Crippen LogP contribution in [0.4, 0.5) is 13.2 Å². The molecule has 1 fully saturated rings. The molecule has 1 saturated carbocycles. The number of aromatic nitrogens is 3. The van der Waals surface area contributed by atoms with E-state index in [1.807, 2.05) is 0 Å². The van der Waals surface area contributed by atoms with E-state index in [0.29, 0.717) is 11.2 Å². The SMILES string of the molecule is CC(=O)Cn1nnc(C(=O)NCC2CCCCCCCCCCCCCCCC2)c1C(F)(F)F. The molecule has 0 atom stereocenters. The highest BCUT2D eigenvalue weighted by atomic mass is 19.4. The third-order valence-corrected chi connectivity index (χ3v) is 6.62. The van der Waals surface area contributed by atoms with Crippen molar-refractivity contribution < 1.29 is 22.8 Å². The highest BCUT2D eigenvalue weighted by Crippen LogP contribution is 2.31. The third-order valence-electron chi connectivity index (χ3n) is 6.62. The Morgan fingerprint density at radius 1 is 0.853 bits per heavy atom. The molecule has 0 aliphatic heterocycles. The quantitative estimate of drug-likeness (QED) is 0.516. The van der Waals surface area contributed by atoms with Crippen molar-refractivity contribution in [3.8, 4) is 0 Å². The zero-order valence-electron chi connectivity index (χ0n) is 20.6. The van der Waals surface area contributed by atoms with Gasteiger partial charge in [-0.05, 0) is 25.7 Å². The molecule has 0 saturated heterocycles. The van der Waals surface area contributed by atoms with Crippen molar-refractivity contribution in [1.29, 1.82) is 0 Å². The van der Waals surface area contributed by atoms with Crippen molar-refractivity contribution in [2.45, 2.75) is 122 Å². The van der Waals surface area contributed by atoms with Crippen molar-refractivity contribution in [3.63, 3.8) is 0 Å². The summed E-state index contributed by atoms with van der Waals surface area (Å²) in [6.45, 7) is 0.924. The molecule has 0 unspecified atom stereocenters. The fourth-order valence-electron chi connectivity index (χ4n) is 4.72. The van der Waals surface area contributed by atoms with Crippen LogP contribution in [0.1, 0.15) is 126 Å². The van der Waals surface area contributed by atoms with Crippen LogP contribution in [-0.4, -0.2) is 33.2 Å². The van der Waals surface area contributed by atoms with Crippen molar-refractivity contribution in [1.82, 2.24) is 20.3 Å². The van der Waals surface area contributed by atoms with Gasteiger partial charge in [0.1, 0.15) is 6.54 Å². The molecule has 0 bridgehead atoms. The van der Waals surface area contributed by atoms with Gasteiger partial charge in [-0.25, -0.2) is 4.68 Å². The number of rotatable bonds is 5. The van der Waals surface area contributed by atoms with E-state index in [2.05, 4.69) is 15.6 Å². The Morgan fingerprint density at radius 3 is 1.71 bits per heavy atom. The molecular formula is C25H41F3N4O2. The lowest BCUT2D eigenvalue weighted by Gasteiger charge is -2.18. The van der Waals surface area contributed by atoms with Gasteiger partial charge < -0.3 is 5.32 Å². The van der Waals surface area contributed by atoms with Crippen LogP contribution >= 0.6 is 0 Å². The molecule has 2 rings (SSSR count). The number of hydrogen-bond donors (Lipinski definition) is 1. The molecule has 9 heteroatoms. The van der Waals surface area contributed by atoms with Crippen molar-refractivity contribution in [2.24, 2.45) is 5.92 Å². The number of halogens is 3. The van der Waals surface area contributed by atoms with Gasteiger partial charge in [-0.2, -0.15) is 13.2 Å². The molecule has 0 aromatic carbocycles. The number of Topliss-reactive ketones (excluding diaryl/α,β-unsaturated/α-hetero) is 1. The average Bonchev–Trinajstić information content (AvgIpc) is 3.19. The summed E-state index contributed by atoms with van der Waals surface area (Å²) in [4.78, 5) is 23.9. The number of ketones is 1. The molecule has 0 spiro atoms. The van der Waals surface area contributed by atoms with E-state index in [-0.39, 0.29) is 5.92 Å². The fraction of sp³-hybridized carbons (Fsp3) is 0.840. The summed E-state index contributed by atoms with van der Waals surface area (Å²) in [6.07, 6.45) is 14.4. The number of carbonyl (C=O) groups is 2. The topological polar surface area (TPSA) is 76.9 Å². The lowest BCUT2D eigenvalue weighted by Crippen LogP contribution is -2.32. The van der Waals surface area contributed by atoms with Crippen LogP contribution in [0, 0.1) is 5.92 Å². The summed E-state index contributed by atoms with van der Waals surface area (Å²) >= 11 is 0. The third kappa shape index (κ3) is 10.6. The predicted octanol–water partition coefficient (Wildman–Crippen LogP) is 6.49. The van der Waals surface area contributed by atoms with E-state index in [4.69, 9.17) is 0 Å². The minimum Gasteiger partial charge on any atom is -0.350 e. The van der Waals surface area contributed by atoms with Gasteiger partial charge in [0.15, 0.2) is 17.2 Å². The molecule has 1 aliphatic carbocycles. The predicted molar refractivity (Wildman–Crippen MR) is 125 cm³/mol. The van der Waals surface area contributed by atoms with E-state index in [0.717, 1.165) is 38.5 Å². The lowest BCUT2D eigenvalue weighted by molar-refractivity contribution is -0.145. The molecule has 1 aromatic rings. The van der Waals surface area contributed by atoms with Crippen LogP contribution in [-0.2, 0) is 17.5 Å². The van der Waals surface area contributed by atoms with E-state index in [1.54, 1.807) is 0 Å². The van der Waals surface area contributed by atoms with Gasteiger partial charge in [-0.3, -0.25) is 9.59 Å². The Labute approximate surface area is 201 Å². The molecular weight excluding hydrogens is 445 g/mol. The molecule has 6 nitrogen and oxygen atoms in total. The van der Waals surface area contributed by atoms with Gasteiger partial charge in [0.05, 0.1) is 0 Å². The van der Waals surface area contributed by atoms with Crippen molar-refractivity contribution in [2.75, 3.05) is 6.54 Å². The fourth-order valence-corrected chi connectivity index (χ4v) is 4.72. The molecule has 1 N–H and O–H groups in total.